The molecule has 0 aromatic carbocycles. The maximum absolute atomic E-state index is 10.8. The number of carbonyl (C=O) groups is 1. The topological polar surface area (TPSA) is 44.1 Å². The molecule has 0 radical (unpaired) electrons. The predicted octanol–water partition coefficient (Wildman–Crippen LogP) is 2.65. The zero-order valence-corrected chi connectivity index (χ0v) is 12.0. The third kappa shape index (κ3) is 2.14. The van der Waals surface area contributed by atoms with E-state index in [2.05, 4.69) is 21.0 Å². The van der Waals surface area contributed by atoms with Gasteiger partial charge in [0.05, 0.1) is 27.8 Å². The van der Waals surface area contributed by atoms with Crippen LogP contribution in [0.15, 0.2) is 32.3 Å². The van der Waals surface area contributed by atoms with E-state index in [0.29, 0.717) is 6.61 Å². The van der Waals surface area contributed by atoms with E-state index in [1.165, 1.54) is 23.0 Å². The summed E-state index contributed by atoms with van der Waals surface area (Å²) in [7, 11) is 0. The van der Waals surface area contributed by atoms with Crippen molar-refractivity contribution in [2.45, 2.75) is 19.4 Å². The number of carbonyl (C=O) groups excluding carboxylic acids is 1. The Balaban J connectivity index is 1.93. The lowest BCUT2D eigenvalue weighted by molar-refractivity contribution is -0.104. The summed E-state index contributed by atoms with van der Waals surface area (Å²) in [5.41, 5.74) is 2.39. The summed E-state index contributed by atoms with van der Waals surface area (Å²) in [6.07, 6.45) is 6.25. The van der Waals surface area contributed by atoms with Crippen LogP contribution in [-0.2, 0) is 22.5 Å². The Morgan fingerprint density at radius 1 is 1.56 bits per heavy atom. The van der Waals surface area contributed by atoms with Crippen molar-refractivity contribution in [3.63, 3.8) is 0 Å². The summed E-state index contributed by atoms with van der Waals surface area (Å²) in [5, 5.41) is 5.20. The molecule has 0 bridgehead atoms. The number of fused-ring (bicyclic) bond motifs is 1. The second-order valence-electron chi connectivity index (χ2n) is 4.11. The summed E-state index contributed by atoms with van der Waals surface area (Å²) >= 11 is 4.96. The van der Waals surface area contributed by atoms with Crippen molar-refractivity contribution < 1.29 is 9.53 Å². The van der Waals surface area contributed by atoms with Crippen molar-refractivity contribution in [3.05, 3.63) is 38.0 Å². The van der Waals surface area contributed by atoms with Crippen molar-refractivity contribution in [1.82, 2.24) is 9.78 Å². The van der Waals surface area contributed by atoms with Gasteiger partial charge in [-0.15, -0.1) is 0 Å². The molecule has 0 unspecified atom stereocenters. The first-order valence-corrected chi connectivity index (χ1v) is 7.27. The second-order valence-corrected chi connectivity index (χ2v) is 6.01. The molecule has 3 heterocycles. The lowest BCUT2D eigenvalue weighted by Gasteiger charge is -2.22. The fourth-order valence-electron chi connectivity index (χ4n) is 2.06. The Labute approximate surface area is 117 Å². The van der Waals surface area contributed by atoms with Crippen molar-refractivity contribution in [1.29, 1.82) is 0 Å². The molecular weight excluding hydrogens is 316 g/mol. The van der Waals surface area contributed by atoms with E-state index >= 15 is 0 Å². The van der Waals surface area contributed by atoms with Crippen molar-refractivity contribution >= 4 is 34.0 Å². The highest BCUT2D eigenvalue weighted by Gasteiger charge is 2.21. The summed E-state index contributed by atoms with van der Waals surface area (Å²) < 4.78 is 8.76. The predicted molar refractivity (Wildman–Crippen MR) is 73.0 cm³/mol. The standard InChI is InChI=1S/C12H11BrN2O2S/c13-10-6-14-15-3-4-17-12-8(5-11(10)15)1-2-9(7-16)18-12/h2,6-7H,1,3-5H2. The van der Waals surface area contributed by atoms with Gasteiger partial charge in [0.25, 0.3) is 0 Å². The minimum Gasteiger partial charge on any atom is -0.485 e. The molecule has 18 heavy (non-hydrogen) atoms. The minimum absolute atomic E-state index is 0.582. The molecule has 3 rings (SSSR count). The molecule has 1 aromatic rings. The molecule has 6 heteroatoms. The van der Waals surface area contributed by atoms with E-state index in [-0.39, 0.29) is 0 Å². The van der Waals surface area contributed by atoms with Crippen LogP contribution in [0.4, 0.5) is 0 Å². The smallest absolute Gasteiger partial charge is 0.158 e. The Hall–Kier alpha value is -1.01. The van der Waals surface area contributed by atoms with Crippen LogP contribution in [0.25, 0.3) is 0 Å². The number of hydrogen-bond acceptors (Lipinski definition) is 4. The fourth-order valence-corrected chi connectivity index (χ4v) is 3.37. The third-order valence-corrected chi connectivity index (χ3v) is 4.73. The van der Waals surface area contributed by atoms with Gasteiger partial charge in [0.2, 0.25) is 0 Å². The van der Waals surface area contributed by atoms with Crippen LogP contribution in [0.3, 0.4) is 0 Å². The highest BCUT2D eigenvalue weighted by Crippen LogP contribution is 2.37. The molecule has 94 valence electrons. The first-order valence-electron chi connectivity index (χ1n) is 5.66. The van der Waals surface area contributed by atoms with E-state index < -0.39 is 0 Å². The molecule has 0 atom stereocenters. The van der Waals surface area contributed by atoms with Gasteiger partial charge in [0, 0.05) is 6.42 Å². The lowest BCUT2D eigenvalue weighted by atomic mass is 10.1. The Morgan fingerprint density at radius 3 is 3.28 bits per heavy atom. The van der Waals surface area contributed by atoms with E-state index in [0.717, 1.165) is 40.1 Å². The van der Waals surface area contributed by atoms with Gasteiger partial charge in [-0.1, -0.05) is 6.08 Å². The highest BCUT2D eigenvalue weighted by molar-refractivity contribution is 9.10. The molecule has 2 aliphatic heterocycles. The molecule has 0 saturated carbocycles. The Bertz CT molecular complexity index is 562. The van der Waals surface area contributed by atoms with Crippen LogP contribution in [0.1, 0.15) is 12.1 Å². The zero-order chi connectivity index (χ0) is 12.5. The van der Waals surface area contributed by atoms with Crippen molar-refractivity contribution in [3.8, 4) is 0 Å². The maximum Gasteiger partial charge on any atom is 0.158 e. The SMILES string of the molecule is O=CC1=CCC2=C(OCCn3ncc(Br)c3C2)S1. The summed E-state index contributed by atoms with van der Waals surface area (Å²) in [6.45, 7) is 1.32. The Morgan fingerprint density at radius 2 is 2.44 bits per heavy atom. The van der Waals surface area contributed by atoms with E-state index in [9.17, 15) is 4.79 Å². The second kappa shape index (κ2) is 4.93. The number of nitrogens with zero attached hydrogens (tertiary/aromatic N) is 2. The Kier molecular flexibility index (Phi) is 3.30. The zero-order valence-electron chi connectivity index (χ0n) is 9.56. The van der Waals surface area contributed by atoms with Crippen molar-refractivity contribution in [2.24, 2.45) is 0 Å². The van der Waals surface area contributed by atoms with Crippen molar-refractivity contribution in [2.75, 3.05) is 6.61 Å². The number of aldehydes is 1. The molecule has 0 N–H and O–H groups in total. The molecule has 0 fully saturated rings. The van der Waals surface area contributed by atoms with Crippen LogP contribution >= 0.6 is 27.7 Å². The van der Waals surface area contributed by atoms with Gasteiger partial charge in [-0.2, -0.15) is 5.10 Å². The van der Waals surface area contributed by atoms with Gasteiger partial charge in [0.1, 0.15) is 6.61 Å². The summed E-state index contributed by atoms with van der Waals surface area (Å²) in [4.78, 5) is 11.5. The number of aromatic nitrogens is 2. The van der Waals surface area contributed by atoms with E-state index in [1.54, 1.807) is 0 Å². The van der Waals surface area contributed by atoms with Crippen LogP contribution < -0.4 is 0 Å². The highest BCUT2D eigenvalue weighted by atomic mass is 79.9. The average Bonchev–Trinajstić information content (AvgIpc) is 2.69. The van der Waals surface area contributed by atoms with Gasteiger partial charge >= 0.3 is 0 Å². The fraction of sp³-hybridized carbons (Fsp3) is 0.333. The average molecular weight is 327 g/mol. The molecule has 0 aliphatic carbocycles. The van der Waals surface area contributed by atoms with Crippen LogP contribution in [-0.4, -0.2) is 22.7 Å². The quantitative estimate of drug-likeness (QED) is 0.744. The number of rotatable bonds is 1. The molecule has 0 spiro atoms. The van der Waals surface area contributed by atoms with Gasteiger partial charge in [0.15, 0.2) is 11.4 Å². The molecular formula is C12H11BrN2O2S. The third-order valence-electron chi connectivity index (χ3n) is 2.98. The summed E-state index contributed by atoms with van der Waals surface area (Å²) in [5.74, 6) is 0. The van der Waals surface area contributed by atoms with Crippen LogP contribution in [0, 0.1) is 0 Å². The van der Waals surface area contributed by atoms with Gasteiger partial charge < -0.3 is 4.74 Å². The van der Waals surface area contributed by atoms with Crippen LogP contribution in [0.5, 0.6) is 0 Å². The lowest BCUT2D eigenvalue weighted by Crippen LogP contribution is -2.16. The molecule has 0 saturated heterocycles. The first kappa shape index (κ1) is 12.0. The minimum atomic E-state index is 0.582. The number of allylic oxidation sites excluding steroid dienone is 3. The van der Waals surface area contributed by atoms with Gasteiger partial charge in [-0.3, -0.25) is 9.48 Å². The normalized spacial score (nSPS) is 19.1. The molecule has 4 nitrogen and oxygen atoms in total. The van der Waals surface area contributed by atoms with Gasteiger partial charge in [-0.05, 0) is 39.7 Å². The van der Waals surface area contributed by atoms with Gasteiger partial charge in [-0.25, -0.2) is 0 Å². The molecule has 1 aromatic heterocycles. The largest absolute Gasteiger partial charge is 0.485 e. The number of hydrogen-bond donors (Lipinski definition) is 0. The summed E-state index contributed by atoms with van der Waals surface area (Å²) in [6, 6.07) is 0. The number of ether oxygens (including phenoxy) is 1. The molecule has 0 amide bonds. The monoisotopic (exact) mass is 326 g/mol. The number of thioether (sulfide) groups is 1. The first-order chi connectivity index (χ1) is 8.78. The van der Waals surface area contributed by atoms with E-state index in [4.69, 9.17) is 4.74 Å². The molecule has 2 aliphatic rings. The number of halogens is 1. The van der Waals surface area contributed by atoms with Crippen LogP contribution in [0.2, 0.25) is 0 Å². The van der Waals surface area contributed by atoms with E-state index in [1.807, 2.05) is 17.0 Å². The maximum atomic E-state index is 10.8.